The van der Waals surface area contributed by atoms with Crippen molar-refractivity contribution in [3.8, 4) is 0 Å². The number of carboxylic acids is 4. The van der Waals surface area contributed by atoms with E-state index in [-0.39, 0.29) is 82.2 Å². The van der Waals surface area contributed by atoms with Gasteiger partial charge in [-0.1, -0.05) is 0 Å². The molecule has 0 aromatic rings. The van der Waals surface area contributed by atoms with Crippen LogP contribution in [0.15, 0.2) is 0 Å². The first-order chi connectivity index (χ1) is 8.92. The van der Waals surface area contributed by atoms with Crippen molar-refractivity contribution in [1.82, 2.24) is 0 Å². The minimum atomic E-state index is -2.22. The van der Waals surface area contributed by atoms with Gasteiger partial charge in [-0.05, 0) is 0 Å². The fraction of sp³-hybridized carbons (Fsp3) is 0.600. The van der Waals surface area contributed by atoms with E-state index in [1.165, 1.54) is 0 Å². The fourth-order valence-electron chi connectivity index (χ4n) is 1.91. The summed E-state index contributed by atoms with van der Waals surface area (Å²) in [5, 5.41) is 35.1. The van der Waals surface area contributed by atoms with Crippen LogP contribution in [-0.4, -0.2) is 138 Å². The normalized spacial score (nSPS) is 10.3. The molecule has 0 aromatic heterocycles. The molecule has 0 spiro atoms. The second kappa shape index (κ2) is 12.9. The van der Waals surface area contributed by atoms with E-state index in [4.69, 9.17) is 31.9 Å². The molecule has 0 radical (unpaired) electrons. The van der Waals surface area contributed by atoms with Gasteiger partial charge in [0.05, 0.1) is 36.8 Å². The molecule has 0 bridgehead atoms. The van der Waals surface area contributed by atoms with Gasteiger partial charge < -0.3 is 31.9 Å². The van der Waals surface area contributed by atoms with Crippen molar-refractivity contribution in [3.63, 3.8) is 0 Å². The molecular formula is C10H20MgN2Na2O8. The van der Waals surface area contributed by atoms with Gasteiger partial charge in [0.1, 0.15) is 0 Å². The Labute approximate surface area is 192 Å². The molecule has 10 nitrogen and oxygen atoms in total. The van der Waals surface area contributed by atoms with Gasteiger partial charge in [0.15, 0.2) is 0 Å². The number of carboxylic acid groups (broad SMARTS) is 4. The van der Waals surface area contributed by atoms with Gasteiger partial charge in [0.2, 0.25) is 0 Å². The Morgan fingerprint density at radius 2 is 0.739 bits per heavy atom. The Balaban J connectivity index is -0.000000602. The number of carbonyl (C=O) groups is 4. The predicted octanol–water partition coefficient (Wildman–Crippen LogP) is -3.93. The molecule has 122 valence electrons. The van der Waals surface area contributed by atoms with Gasteiger partial charge in [-0.15, -0.1) is 0 Å². The Morgan fingerprint density at radius 3 is 0.826 bits per heavy atom. The zero-order valence-corrected chi connectivity index (χ0v) is 10.4. The van der Waals surface area contributed by atoms with Crippen molar-refractivity contribution in [3.05, 3.63) is 0 Å². The van der Waals surface area contributed by atoms with Crippen molar-refractivity contribution in [2.45, 2.75) is 36.8 Å². The SMILES string of the molecule is NC(CC(=O)O)(CC(=O)O)C(N)(CC(=O)O)CC(=O)O.[MgH2].[NaH].[NaH]. The third-order valence-electron chi connectivity index (χ3n) is 2.86. The molecule has 13 heteroatoms. The number of hydrogen-bond acceptors (Lipinski definition) is 6. The van der Waals surface area contributed by atoms with Gasteiger partial charge in [0.25, 0.3) is 0 Å². The van der Waals surface area contributed by atoms with E-state index in [2.05, 4.69) is 0 Å². The summed E-state index contributed by atoms with van der Waals surface area (Å²) >= 11 is 0. The zero-order valence-electron chi connectivity index (χ0n) is 10.4. The van der Waals surface area contributed by atoms with Crippen LogP contribution in [-0.2, 0) is 19.2 Å². The molecule has 0 saturated carbocycles. The second-order valence-corrected chi connectivity index (χ2v) is 4.59. The van der Waals surface area contributed by atoms with E-state index in [0.29, 0.717) is 0 Å². The van der Waals surface area contributed by atoms with Crippen molar-refractivity contribution in [2.24, 2.45) is 11.5 Å². The molecule has 0 rings (SSSR count). The van der Waals surface area contributed by atoms with Crippen LogP contribution in [0.1, 0.15) is 25.7 Å². The Kier molecular flexibility index (Phi) is 17.5. The first-order valence-electron chi connectivity index (χ1n) is 5.37. The summed E-state index contributed by atoms with van der Waals surface area (Å²) in [7, 11) is 0. The third-order valence-corrected chi connectivity index (χ3v) is 2.86. The van der Waals surface area contributed by atoms with Crippen molar-refractivity contribution < 1.29 is 39.6 Å². The third kappa shape index (κ3) is 10.9. The first-order valence-corrected chi connectivity index (χ1v) is 5.37. The molecule has 0 unspecified atom stereocenters. The quantitative estimate of drug-likeness (QED) is 0.219. The van der Waals surface area contributed by atoms with Crippen molar-refractivity contribution in [1.29, 1.82) is 0 Å². The molecule has 23 heavy (non-hydrogen) atoms. The average molecular weight is 367 g/mol. The number of nitrogens with two attached hydrogens (primary N) is 2. The molecule has 0 aliphatic heterocycles. The summed E-state index contributed by atoms with van der Waals surface area (Å²) in [6.45, 7) is 0. The predicted molar refractivity (Wildman–Crippen MR) is 85.7 cm³/mol. The molecule has 0 aliphatic carbocycles. The van der Waals surface area contributed by atoms with Gasteiger partial charge in [-0.25, -0.2) is 0 Å². The summed E-state index contributed by atoms with van der Waals surface area (Å²) in [6, 6.07) is 0. The maximum absolute atomic E-state index is 10.8. The standard InChI is InChI=1S/C10H16N2O8.Mg.2Na.4H/c11-9(1-5(13)14,2-6(15)16)10(12,3-7(17)18)4-8(19)20;;;;;;;/h1-4,11-12H2,(H,13,14)(H,15,16)(H,17,18)(H,19,20);;;;;;;. The first kappa shape index (κ1) is 31.3. The van der Waals surface area contributed by atoms with Gasteiger partial charge >= 0.3 is 106 Å². The van der Waals surface area contributed by atoms with Crippen LogP contribution in [0.25, 0.3) is 0 Å². The van der Waals surface area contributed by atoms with Crippen LogP contribution in [0.3, 0.4) is 0 Å². The Morgan fingerprint density at radius 1 is 0.609 bits per heavy atom. The van der Waals surface area contributed by atoms with E-state index in [0.717, 1.165) is 0 Å². The number of aliphatic carboxylic acids is 4. The molecule has 0 heterocycles. The topological polar surface area (TPSA) is 201 Å². The van der Waals surface area contributed by atoms with Crippen LogP contribution in [0.2, 0.25) is 0 Å². The maximum atomic E-state index is 10.8. The van der Waals surface area contributed by atoms with Gasteiger partial charge in [-0.2, -0.15) is 0 Å². The number of hydrogen-bond donors (Lipinski definition) is 6. The Bertz CT molecular complexity index is 377. The monoisotopic (exact) mass is 366 g/mol. The van der Waals surface area contributed by atoms with E-state index >= 15 is 0 Å². The molecule has 0 saturated heterocycles. The molecule has 8 N–H and O–H groups in total. The molecule has 0 aliphatic rings. The molecule has 0 aromatic carbocycles. The van der Waals surface area contributed by atoms with Crippen molar-refractivity contribution >= 4 is 106 Å². The van der Waals surface area contributed by atoms with E-state index in [9.17, 15) is 19.2 Å². The van der Waals surface area contributed by atoms with Crippen LogP contribution in [0.4, 0.5) is 0 Å². The summed E-state index contributed by atoms with van der Waals surface area (Å²) in [5.74, 6) is -6.06. The second-order valence-electron chi connectivity index (χ2n) is 4.59. The van der Waals surface area contributed by atoms with Gasteiger partial charge in [-0.3, -0.25) is 19.2 Å². The van der Waals surface area contributed by atoms with Crippen LogP contribution >= 0.6 is 0 Å². The molecular weight excluding hydrogens is 346 g/mol. The average Bonchev–Trinajstić information content (AvgIpc) is 2.10. The summed E-state index contributed by atoms with van der Waals surface area (Å²) in [4.78, 5) is 43.2. The molecule has 0 atom stereocenters. The minimum absolute atomic E-state index is 0. The molecule has 0 fully saturated rings. The van der Waals surface area contributed by atoms with Crippen LogP contribution in [0, 0.1) is 0 Å². The summed E-state index contributed by atoms with van der Waals surface area (Å²) in [5.41, 5.74) is 6.88. The van der Waals surface area contributed by atoms with E-state index in [1.807, 2.05) is 0 Å². The summed E-state index contributed by atoms with van der Waals surface area (Å²) < 4.78 is 0. The van der Waals surface area contributed by atoms with Crippen LogP contribution < -0.4 is 11.5 Å². The molecule has 0 amide bonds. The number of rotatable bonds is 9. The zero-order chi connectivity index (χ0) is 16.1. The van der Waals surface area contributed by atoms with E-state index in [1.54, 1.807) is 0 Å². The van der Waals surface area contributed by atoms with Gasteiger partial charge in [0, 0.05) is 0 Å². The summed E-state index contributed by atoms with van der Waals surface area (Å²) in [6.07, 6.45) is -3.90. The Hall–Kier alpha value is 0.566. The fourth-order valence-corrected chi connectivity index (χ4v) is 1.91. The van der Waals surface area contributed by atoms with Crippen molar-refractivity contribution in [2.75, 3.05) is 0 Å². The van der Waals surface area contributed by atoms with E-state index < -0.39 is 60.6 Å². The van der Waals surface area contributed by atoms with Crippen LogP contribution in [0.5, 0.6) is 0 Å².